The molecule has 22 heavy (non-hydrogen) atoms. The standard InChI is InChI=1S/C16H18ClN3O2/c1-20-14(5-7-19-20)4-6-18-16(21)12-8-11-9-13(17)2-3-15(11)22-10-12/h2-3,5,7,9,12H,4,6,8,10H2,1H3,(H,18,21). The molecule has 0 saturated carbocycles. The minimum absolute atomic E-state index is 0.0211. The van der Waals surface area contributed by atoms with Crippen LogP contribution in [0.3, 0.4) is 0 Å². The van der Waals surface area contributed by atoms with Gasteiger partial charge in [-0.15, -0.1) is 0 Å². The Morgan fingerprint density at radius 1 is 1.50 bits per heavy atom. The maximum Gasteiger partial charge on any atom is 0.226 e. The quantitative estimate of drug-likeness (QED) is 0.937. The van der Waals surface area contributed by atoms with Gasteiger partial charge >= 0.3 is 0 Å². The molecule has 3 rings (SSSR count). The minimum atomic E-state index is -0.169. The van der Waals surface area contributed by atoms with E-state index >= 15 is 0 Å². The number of hydrogen-bond acceptors (Lipinski definition) is 3. The van der Waals surface area contributed by atoms with Crippen LogP contribution < -0.4 is 10.1 Å². The zero-order valence-electron chi connectivity index (χ0n) is 12.4. The topological polar surface area (TPSA) is 56.2 Å². The fraction of sp³-hybridized carbons (Fsp3) is 0.375. The number of ether oxygens (including phenoxy) is 1. The van der Waals surface area contributed by atoms with Gasteiger partial charge in [-0.1, -0.05) is 11.6 Å². The monoisotopic (exact) mass is 319 g/mol. The molecule has 1 aromatic heterocycles. The minimum Gasteiger partial charge on any atom is -0.492 e. The molecule has 0 saturated heterocycles. The summed E-state index contributed by atoms with van der Waals surface area (Å²) in [6.07, 6.45) is 3.18. The van der Waals surface area contributed by atoms with E-state index in [1.807, 2.05) is 29.9 Å². The van der Waals surface area contributed by atoms with E-state index in [-0.39, 0.29) is 11.8 Å². The molecule has 0 bridgehead atoms. The Balaban J connectivity index is 1.54. The summed E-state index contributed by atoms with van der Waals surface area (Å²) in [5.41, 5.74) is 2.09. The van der Waals surface area contributed by atoms with Crippen LogP contribution in [-0.2, 0) is 24.7 Å². The zero-order chi connectivity index (χ0) is 15.5. The first-order valence-electron chi connectivity index (χ1n) is 7.29. The molecule has 1 aliphatic rings. The van der Waals surface area contributed by atoms with Crippen molar-refractivity contribution in [2.45, 2.75) is 12.8 Å². The summed E-state index contributed by atoms with van der Waals surface area (Å²) >= 11 is 6.00. The molecule has 5 nitrogen and oxygen atoms in total. The van der Waals surface area contributed by atoms with Crippen molar-refractivity contribution >= 4 is 17.5 Å². The van der Waals surface area contributed by atoms with E-state index in [2.05, 4.69) is 10.4 Å². The van der Waals surface area contributed by atoms with Gasteiger partial charge in [0.15, 0.2) is 0 Å². The lowest BCUT2D eigenvalue weighted by Crippen LogP contribution is -2.38. The molecule has 1 aliphatic heterocycles. The highest BCUT2D eigenvalue weighted by atomic mass is 35.5. The number of benzene rings is 1. The van der Waals surface area contributed by atoms with E-state index in [4.69, 9.17) is 16.3 Å². The fourth-order valence-electron chi connectivity index (χ4n) is 2.64. The van der Waals surface area contributed by atoms with Gasteiger partial charge in [-0.25, -0.2) is 0 Å². The van der Waals surface area contributed by atoms with Gasteiger partial charge in [-0.05, 0) is 36.2 Å². The smallest absolute Gasteiger partial charge is 0.226 e. The zero-order valence-corrected chi connectivity index (χ0v) is 13.1. The number of aromatic nitrogens is 2. The number of nitrogens with one attached hydrogen (secondary N) is 1. The van der Waals surface area contributed by atoms with Crippen molar-refractivity contribution in [1.29, 1.82) is 0 Å². The van der Waals surface area contributed by atoms with Gasteiger partial charge in [0.25, 0.3) is 0 Å². The summed E-state index contributed by atoms with van der Waals surface area (Å²) in [5, 5.41) is 7.75. The van der Waals surface area contributed by atoms with E-state index in [0.29, 0.717) is 24.6 Å². The number of aryl methyl sites for hydroxylation is 1. The van der Waals surface area contributed by atoms with Gasteiger partial charge in [0.05, 0.1) is 5.92 Å². The number of carbonyl (C=O) groups excluding carboxylic acids is 1. The first-order valence-corrected chi connectivity index (χ1v) is 7.67. The molecule has 1 atom stereocenters. The Kier molecular flexibility index (Phi) is 4.34. The highest BCUT2D eigenvalue weighted by Crippen LogP contribution is 2.29. The predicted octanol–water partition coefficient (Wildman–Crippen LogP) is 1.98. The molecular formula is C16H18ClN3O2. The lowest BCUT2D eigenvalue weighted by Gasteiger charge is -2.24. The van der Waals surface area contributed by atoms with E-state index in [9.17, 15) is 4.79 Å². The lowest BCUT2D eigenvalue weighted by atomic mass is 9.96. The predicted molar refractivity (Wildman–Crippen MR) is 84.1 cm³/mol. The van der Waals surface area contributed by atoms with Crippen LogP contribution in [0.4, 0.5) is 0 Å². The van der Waals surface area contributed by atoms with Gasteiger partial charge in [0.2, 0.25) is 5.91 Å². The molecule has 0 spiro atoms. The van der Waals surface area contributed by atoms with E-state index in [1.54, 1.807) is 12.3 Å². The Hall–Kier alpha value is -2.01. The highest BCUT2D eigenvalue weighted by molar-refractivity contribution is 6.30. The summed E-state index contributed by atoms with van der Waals surface area (Å²) in [6.45, 7) is 1.00. The van der Waals surface area contributed by atoms with E-state index in [1.165, 1.54) is 0 Å². The second kappa shape index (κ2) is 6.40. The van der Waals surface area contributed by atoms with Gasteiger partial charge in [-0.3, -0.25) is 9.48 Å². The molecule has 0 aliphatic carbocycles. The number of hydrogen-bond donors (Lipinski definition) is 1. The van der Waals surface area contributed by atoms with Crippen LogP contribution in [0.25, 0.3) is 0 Å². The summed E-state index contributed by atoms with van der Waals surface area (Å²) < 4.78 is 7.46. The lowest BCUT2D eigenvalue weighted by molar-refractivity contribution is -0.126. The fourth-order valence-corrected chi connectivity index (χ4v) is 2.83. The van der Waals surface area contributed by atoms with Gasteiger partial charge in [0.1, 0.15) is 12.4 Å². The Morgan fingerprint density at radius 3 is 3.14 bits per heavy atom. The first-order chi connectivity index (χ1) is 10.6. The van der Waals surface area contributed by atoms with Crippen LogP contribution in [0.2, 0.25) is 5.02 Å². The molecule has 2 heterocycles. The van der Waals surface area contributed by atoms with Crippen LogP contribution >= 0.6 is 11.6 Å². The molecule has 2 aromatic rings. The van der Waals surface area contributed by atoms with Crippen LogP contribution in [0.1, 0.15) is 11.3 Å². The number of amides is 1. The Morgan fingerprint density at radius 2 is 2.36 bits per heavy atom. The maximum atomic E-state index is 12.3. The van der Waals surface area contributed by atoms with Crippen molar-refractivity contribution in [2.75, 3.05) is 13.2 Å². The molecule has 116 valence electrons. The SMILES string of the molecule is Cn1nccc1CCNC(=O)C1COc2ccc(Cl)cc2C1. The van der Waals surface area contributed by atoms with Gasteiger partial charge in [0, 0.05) is 36.9 Å². The molecule has 1 amide bonds. The number of carbonyl (C=O) groups is 1. The Labute approximate surface area is 134 Å². The third-order valence-corrected chi connectivity index (χ3v) is 4.14. The van der Waals surface area contributed by atoms with Crippen molar-refractivity contribution in [1.82, 2.24) is 15.1 Å². The summed E-state index contributed by atoms with van der Waals surface area (Å²) in [6, 6.07) is 7.48. The van der Waals surface area contributed by atoms with Crippen LogP contribution in [0.5, 0.6) is 5.75 Å². The third kappa shape index (κ3) is 3.25. The molecule has 1 unspecified atom stereocenters. The maximum absolute atomic E-state index is 12.3. The second-order valence-electron chi connectivity index (χ2n) is 5.45. The normalized spacial score (nSPS) is 16.7. The second-order valence-corrected chi connectivity index (χ2v) is 5.89. The van der Waals surface area contributed by atoms with E-state index in [0.717, 1.165) is 23.4 Å². The third-order valence-electron chi connectivity index (χ3n) is 3.90. The first kappa shape index (κ1) is 14.9. The summed E-state index contributed by atoms with van der Waals surface area (Å²) in [7, 11) is 1.90. The molecule has 6 heteroatoms. The largest absolute Gasteiger partial charge is 0.492 e. The molecule has 1 aromatic carbocycles. The van der Waals surface area contributed by atoms with Crippen molar-refractivity contribution in [2.24, 2.45) is 13.0 Å². The highest BCUT2D eigenvalue weighted by Gasteiger charge is 2.25. The number of nitrogens with zero attached hydrogens (tertiary/aromatic N) is 2. The van der Waals surface area contributed by atoms with Crippen molar-refractivity contribution in [3.05, 3.63) is 46.7 Å². The summed E-state index contributed by atoms with van der Waals surface area (Å²) in [5.74, 6) is 0.675. The average molecular weight is 320 g/mol. The van der Waals surface area contributed by atoms with Crippen molar-refractivity contribution in [3.8, 4) is 5.75 Å². The van der Waals surface area contributed by atoms with Gasteiger partial charge < -0.3 is 10.1 Å². The average Bonchev–Trinajstić information content (AvgIpc) is 2.91. The van der Waals surface area contributed by atoms with Crippen molar-refractivity contribution < 1.29 is 9.53 Å². The van der Waals surface area contributed by atoms with Crippen LogP contribution in [0.15, 0.2) is 30.5 Å². The molecule has 0 radical (unpaired) electrons. The Bertz CT molecular complexity index is 684. The molecule has 0 fully saturated rings. The van der Waals surface area contributed by atoms with E-state index < -0.39 is 0 Å². The number of halogens is 1. The number of fused-ring (bicyclic) bond motifs is 1. The summed E-state index contributed by atoms with van der Waals surface area (Å²) in [4.78, 5) is 12.3. The molecule has 1 N–H and O–H groups in total. The van der Waals surface area contributed by atoms with Crippen molar-refractivity contribution in [3.63, 3.8) is 0 Å². The van der Waals surface area contributed by atoms with Crippen LogP contribution in [-0.4, -0.2) is 28.8 Å². The van der Waals surface area contributed by atoms with Crippen LogP contribution in [0, 0.1) is 5.92 Å². The van der Waals surface area contributed by atoms with Gasteiger partial charge in [-0.2, -0.15) is 5.10 Å². The number of rotatable bonds is 4. The molecular weight excluding hydrogens is 302 g/mol.